The summed E-state index contributed by atoms with van der Waals surface area (Å²) in [7, 11) is 2.05. The molecule has 2 unspecified atom stereocenters. The number of hydrogen-bond acceptors (Lipinski definition) is 2. The zero-order chi connectivity index (χ0) is 11.5. The Kier molecular flexibility index (Phi) is 3.56. The van der Waals surface area contributed by atoms with Gasteiger partial charge < -0.3 is 5.73 Å². The fraction of sp³-hybridized carbons (Fsp3) is 0.538. The average molecular weight is 222 g/mol. The molecule has 0 amide bonds. The molecular weight excluding hydrogens is 203 g/mol. The molecule has 0 bridgehead atoms. The van der Waals surface area contributed by atoms with E-state index < -0.39 is 0 Å². The van der Waals surface area contributed by atoms with Gasteiger partial charge in [0.2, 0.25) is 0 Å². The maximum atomic E-state index is 13.5. The van der Waals surface area contributed by atoms with E-state index in [1.165, 1.54) is 18.9 Å². The van der Waals surface area contributed by atoms with Crippen LogP contribution in [0.15, 0.2) is 24.3 Å². The molecule has 0 aromatic heterocycles. The number of nitrogens with zero attached hydrogens (tertiary/aromatic N) is 1. The minimum atomic E-state index is -0.113. The van der Waals surface area contributed by atoms with Crippen LogP contribution in [0.4, 0.5) is 4.39 Å². The molecule has 16 heavy (non-hydrogen) atoms. The molecule has 2 atom stereocenters. The highest BCUT2D eigenvalue weighted by Gasteiger charge is 2.32. The Morgan fingerprint density at radius 2 is 2.12 bits per heavy atom. The summed E-state index contributed by atoms with van der Waals surface area (Å²) in [5.74, 6) is 0.481. The Hall–Kier alpha value is -0.930. The zero-order valence-corrected chi connectivity index (χ0v) is 9.70. The second-order valence-corrected chi connectivity index (χ2v) is 4.65. The topological polar surface area (TPSA) is 29.3 Å². The largest absolute Gasteiger partial charge is 0.330 e. The van der Waals surface area contributed by atoms with Crippen molar-refractivity contribution >= 4 is 0 Å². The van der Waals surface area contributed by atoms with E-state index in [4.69, 9.17) is 5.73 Å². The Morgan fingerprint density at radius 3 is 2.69 bits per heavy atom. The van der Waals surface area contributed by atoms with E-state index in [0.717, 1.165) is 12.1 Å². The molecule has 0 radical (unpaired) electrons. The van der Waals surface area contributed by atoms with Crippen molar-refractivity contribution in [2.24, 2.45) is 11.7 Å². The van der Waals surface area contributed by atoms with Crippen LogP contribution in [0.2, 0.25) is 0 Å². The highest BCUT2D eigenvalue weighted by Crippen LogP contribution is 2.31. The molecule has 2 rings (SSSR count). The normalized spacial score (nSPS) is 24.5. The van der Waals surface area contributed by atoms with Crippen LogP contribution in [0.25, 0.3) is 0 Å². The molecule has 0 saturated heterocycles. The molecular formula is C13H19FN2. The Labute approximate surface area is 96.2 Å². The van der Waals surface area contributed by atoms with E-state index >= 15 is 0 Å². The van der Waals surface area contributed by atoms with Gasteiger partial charge >= 0.3 is 0 Å². The van der Waals surface area contributed by atoms with Crippen LogP contribution < -0.4 is 5.73 Å². The highest BCUT2D eigenvalue weighted by atomic mass is 19.1. The predicted octanol–water partition coefficient (Wildman–Crippen LogP) is 1.99. The van der Waals surface area contributed by atoms with Gasteiger partial charge in [-0.05, 0) is 38.4 Å². The van der Waals surface area contributed by atoms with Crippen LogP contribution >= 0.6 is 0 Å². The standard InChI is InChI=1S/C13H19FN2/c1-16(13-7-6-10(13)8-15)9-11-4-2-3-5-12(11)14/h2-5,10,13H,6-9,15H2,1H3. The second kappa shape index (κ2) is 4.93. The van der Waals surface area contributed by atoms with Crippen molar-refractivity contribution in [2.45, 2.75) is 25.4 Å². The molecule has 3 heteroatoms. The first-order valence-electron chi connectivity index (χ1n) is 5.86. The zero-order valence-electron chi connectivity index (χ0n) is 9.70. The van der Waals surface area contributed by atoms with Crippen molar-refractivity contribution in [3.63, 3.8) is 0 Å². The Balaban J connectivity index is 1.97. The van der Waals surface area contributed by atoms with Crippen LogP contribution in [0.5, 0.6) is 0 Å². The monoisotopic (exact) mass is 222 g/mol. The highest BCUT2D eigenvalue weighted by molar-refractivity contribution is 5.17. The summed E-state index contributed by atoms with van der Waals surface area (Å²) < 4.78 is 13.5. The van der Waals surface area contributed by atoms with Gasteiger partial charge in [0.1, 0.15) is 5.82 Å². The lowest BCUT2D eigenvalue weighted by atomic mass is 9.78. The van der Waals surface area contributed by atoms with Crippen LogP contribution in [-0.2, 0) is 6.54 Å². The van der Waals surface area contributed by atoms with Gasteiger partial charge in [-0.1, -0.05) is 18.2 Å². The molecule has 2 N–H and O–H groups in total. The summed E-state index contributed by atoms with van der Waals surface area (Å²) in [6, 6.07) is 7.51. The van der Waals surface area contributed by atoms with Gasteiger partial charge in [-0.25, -0.2) is 4.39 Å². The van der Waals surface area contributed by atoms with Crippen molar-refractivity contribution in [3.05, 3.63) is 35.6 Å². The van der Waals surface area contributed by atoms with Crippen LogP contribution in [0, 0.1) is 11.7 Å². The second-order valence-electron chi connectivity index (χ2n) is 4.65. The summed E-state index contributed by atoms with van der Waals surface area (Å²) >= 11 is 0. The first-order chi connectivity index (χ1) is 7.72. The first kappa shape index (κ1) is 11.6. The molecule has 1 aliphatic rings. The van der Waals surface area contributed by atoms with Gasteiger partial charge in [-0.3, -0.25) is 4.90 Å². The van der Waals surface area contributed by atoms with E-state index in [-0.39, 0.29) is 5.82 Å². The fourth-order valence-electron chi connectivity index (χ4n) is 2.42. The third-order valence-electron chi connectivity index (χ3n) is 3.62. The smallest absolute Gasteiger partial charge is 0.127 e. The SMILES string of the molecule is CN(Cc1ccccc1F)C1CCC1CN. The minimum Gasteiger partial charge on any atom is -0.330 e. The number of nitrogens with two attached hydrogens (primary N) is 1. The lowest BCUT2D eigenvalue weighted by Crippen LogP contribution is -2.47. The molecule has 1 aromatic rings. The summed E-state index contributed by atoms with van der Waals surface area (Å²) in [5, 5.41) is 0. The van der Waals surface area contributed by atoms with Crippen molar-refractivity contribution in [1.29, 1.82) is 0 Å². The molecule has 1 saturated carbocycles. The minimum absolute atomic E-state index is 0.113. The molecule has 1 fully saturated rings. The molecule has 1 aromatic carbocycles. The van der Waals surface area contributed by atoms with E-state index in [9.17, 15) is 4.39 Å². The van der Waals surface area contributed by atoms with Crippen LogP contribution in [0.1, 0.15) is 18.4 Å². The quantitative estimate of drug-likeness (QED) is 0.844. The van der Waals surface area contributed by atoms with Crippen LogP contribution in [-0.4, -0.2) is 24.5 Å². The Bertz CT molecular complexity index is 352. The lowest BCUT2D eigenvalue weighted by molar-refractivity contribution is 0.0828. The van der Waals surface area contributed by atoms with Crippen molar-refractivity contribution in [3.8, 4) is 0 Å². The Morgan fingerprint density at radius 1 is 1.38 bits per heavy atom. The van der Waals surface area contributed by atoms with E-state index in [1.54, 1.807) is 6.07 Å². The van der Waals surface area contributed by atoms with Gasteiger partial charge in [-0.15, -0.1) is 0 Å². The van der Waals surface area contributed by atoms with Crippen molar-refractivity contribution in [1.82, 2.24) is 4.90 Å². The predicted molar refractivity (Wildman–Crippen MR) is 63.4 cm³/mol. The molecule has 0 aliphatic heterocycles. The van der Waals surface area contributed by atoms with Gasteiger partial charge in [0.05, 0.1) is 0 Å². The number of rotatable bonds is 4. The van der Waals surface area contributed by atoms with Gasteiger partial charge in [0, 0.05) is 18.2 Å². The number of benzene rings is 1. The summed E-state index contributed by atoms with van der Waals surface area (Å²) in [5.41, 5.74) is 6.46. The molecule has 0 heterocycles. The number of halogens is 1. The maximum Gasteiger partial charge on any atom is 0.127 e. The van der Waals surface area contributed by atoms with Gasteiger partial charge in [0.15, 0.2) is 0 Å². The molecule has 0 spiro atoms. The van der Waals surface area contributed by atoms with Gasteiger partial charge in [-0.2, -0.15) is 0 Å². The molecule has 2 nitrogen and oxygen atoms in total. The summed E-state index contributed by atoms with van der Waals surface area (Å²) in [6.45, 7) is 1.42. The average Bonchev–Trinajstić information content (AvgIpc) is 2.20. The fourth-order valence-corrected chi connectivity index (χ4v) is 2.42. The van der Waals surface area contributed by atoms with E-state index in [2.05, 4.69) is 11.9 Å². The summed E-state index contributed by atoms with van der Waals surface area (Å²) in [6.07, 6.45) is 2.40. The summed E-state index contributed by atoms with van der Waals surface area (Å²) in [4.78, 5) is 2.22. The van der Waals surface area contributed by atoms with Crippen LogP contribution in [0.3, 0.4) is 0 Å². The third-order valence-corrected chi connectivity index (χ3v) is 3.62. The molecule has 88 valence electrons. The maximum absolute atomic E-state index is 13.5. The van der Waals surface area contributed by atoms with Crippen molar-refractivity contribution < 1.29 is 4.39 Å². The lowest BCUT2D eigenvalue weighted by Gasteiger charge is -2.42. The van der Waals surface area contributed by atoms with Crippen molar-refractivity contribution in [2.75, 3.05) is 13.6 Å². The number of hydrogen-bond donors (Lipinski definition) is 1. The van der Waals surface area contributed by atoms with Gasteiger partial charge in [0.25, 0.3) is 0 Å². The third kappa shape index (κ3) is 2.25. The van der Waals surface area contributed by atoms with E-state index in [0.29, 0.717) is 18.5 Å². The molecule has 1 aliphatic carbocycles. The first-order valence-corrected chi connectivity index (χ1v) is 5.86. The van der Waals surface area contributed by atoms with E-state index in [1.807, 2.05) is 12.1 Å².